The van der Waals surface area contributed by atoms with Crippen molar-refractivity contribution in [3.8, 4) is 0 Å². The molecule has 0 saturated heterocycles. The predicted molar refractivity (Wildman–Crippen MR) is 75.2 cm³/mol. The van der Waals surface area contributed by atoms with Gasteiger partial charge in [-0.15, -0.1) is 0 Å². The molecule has 0 unspecified atom stereocenters. The Morgan fingerprint density at radius 1 is 1.32 bits per heavy atom. The monoisotopic (exact) mass is 262 g/mol. The third-order valence-corrected chi connectivity index (χ3v) is 3.14. The van der Waals surface area contributed by atoms with Crippen LogP contribution in [0.5, 0.6) is 0 Å². The first kappa shape index (κ1) is 13.8. The number of nitrogens with zero attached hydrogens (tertiary/aromatic N) is 3. The van der Waals surface area contributed by atoms with Gasteiger partial charge in [0.25, 0.3) is 5.91 Å². The summed E-state index contributed by atoms with van der Waals surface area (Å²) >= 11 is 0. The van der Waals surface area contributed by atoms with Crippen LogP contribution in [0.1, 0.15) is 50.0 Å². The highest BCUT2D eigenvalue weighted by Gasteiger charge is 2.32. The van der Waals surface area contributed by atoms with E-state index in [-0.39, 0.29) is 5.91 Å². The Bertz CT molecular complexity index is 414. The van der Waals surface area contributed by atoms with Crippen molar-refractivity contribution in [2.45, 2.75) is 45.6 Å². The van der Waals surface area contributed by atoms with Crippen LogP contribution in [0.3, 0.4) is 0 Å². The molecule has 5 nitrogen and oxygen atoms in total. The summed E-state index contributed by atoms with van der Waals surface area (Å²) in [5, 5.41) is 3.15. The second-order valence-corrected chi connectivity index (χ2v) is 4.94. The van der Waals surface area contributed by atoms with Gasteiger partial charge in [-0.3, -0.25) is 4.79 Å². The van der Waals surface area contributed by atoms with Gasteiger partial charge in [0.2, 0.25) is 0 Å². The molecule has 1 aromatic rings. The number of aromatic nitrogens is 2. The normalized spacial score (nSPS) is 14.2. The van der Waals surface area contributed by atoms with E-state index in [1.54, 1.807) is 12.4 Å². The molecule has 1 N–H and O–H groups in total. The molecule has 0 aromatic carbocycles. The Morgan fingerprint density at radius 3 is 2.63 bits per heavy atom. The van der Waals surface area contributed by atoms with E-state index < -0.39 is 0 Å². The molecule has 0 atom stereocenters. The minimum Gasteiger partial charge on any atom is -0.369 e. The molecule has 0 aliphatic heterocycles. The summed E-state index contributed by atoms with van der Waals surface area (Å²) in [6.45, 7) is 5.86. The van der Waals surface area contributed by atoms with Crippen LogP contribution < -0.4 is 5.32 Å². The van der Waals surface area contributed by atoms with E-state index in [2.05, 4.69) is 29.1 Å². The Kier molecular flexibility index (Phi) is 4.71. The zero-order valence-electron chi connectivity index (χ0n) is 11.7. The summed E-state index contributed by atoms with van der Waals surface area (Å²) in [6, 6.07) is 0.423. The van der Waals surface area contributed by atoms with Crippen molar-refractivity contribution < 1.29 is 4.79 Å². The van der Waals surface area contributed by atoms with E-state index in [4.69, 9.17) is 0 Å². The first-order valence-corrected chi connectivity index (χ1v) is 7.13. The lowest BCUT2D eigenvalue weighted by Crippen LogP contribution is -2.34. The maximum absolute atomic E-state index is 12.3. The zero-order valence-corrected chi connectivity index (χ0v) is 11.7. The summed E-state index contributed by atoms with van der Waals surface area (Å²) in [6.07, 6.45) is 7.47. The molecule has 1 aromatic heterocycles. The average Bonchev–Trinajstić information content (AvgIpc) is 3.27. The quantitative estimate of drug-likeness (QED) is 0.819. The van der Waals surface area contributed by atoms with Crippen molar-refractivity contribution in [2.24, 2.45) is 0 Å². The van der Waals surface area contributed by atoms with Crippen LogP contribution in [0.25, 0.3) is 0 Å². The van der Waals surface area contributed by atoms with Gasteiger partial charge in [0.05, 0.1) is 12.4 Å². The third-order valence-electron chi connectivity index (χ3n) is 3.14. The molecule has 5 heteroatoms. The lowest BCUT2D eigenvalue weighted by atomic mass is 10.3. The van der Waals surface area contributed by atoms with E-state index in [0.29, 0.717) is 11.7 Å². The Hall–Kier alpha value is -1.65. The van der Waals surface area contributed by atoms with E-state index in [1.165, 1.54) is 0 Å². The molecule has 1 aliphatic carbocycles. The van der Waals surface area contributed by atoms with Gasteiger partial charge in [-0.05, 0) is 25.7 Å². The van der Waals surface area contributed by atoms with Crippen LogP contribution >= 0.6 is 0 Å². The molecule has 0 radical (unpaired) electrons. The Balaban J connectivity index is 2.01. The van der Waals surface area contributed by atoms with Crippen LogP contribution in [0, 0.1) is 0 Å². The van der Waals surface area contributed by atoms with Gasteiger partial charge in [0.15, 0.2) is 0 Å². The molecular weight excluding hydrogens is 240 g/mol. The minimum atomic E-state index is 0.0129. The van der Waals surface area contributed by atoms with Crippen molar-refractivity contribution in [3.63, 3.8) is 0 Å². The molecule has 1 saturated carbocycles. The number of anilines is 1. The SMILES string of the molecule is CCCNc1cnc(C(=O)N(CCC)C2CC2)cn1. The smallest absolute Gasteiger partial charge is 0.274 e. The Labute approximate surface area is 114 Å². The number of hydrogen-bond donors (Lipinski definition) is 1. The number of nitrogens with one attached hydrogen (secondary N) is 1. The fourth-order valence-electron chi connectivity index (χ4n) is 2.01. The van der Waals surface area contributed by atoms with Crippen molar-refractivity contribution in [1.29, 1.82) is 0 Å². The van der Waals surface area contributed by atoms with Crippen molar-refractivity contribution in [3.05, 3.63) is 18.1 Å². The highest BCUT2D eigenvalue weighted by Crippen LogP contribution is 2.28. The summed E-state index contributed by atoms with van der Waals surface area (Å²) in [7, 11) is 0. The van der Waals surface area contributed by atoms with Gasteiger partial charge in [0, 0.05) is 19.1 Å². The number of amides is 1. The van der Waals surface area contributed by atoms with Gasteiger partial charge in [-0.1, -0.05) is 13.8 Å². The summed E-state index contributed by atoms with van der Waals surface area (Å²) in [5.41, 5.74) is 0.447. The fourth-order valence-corrected chi connectivity index (χ4v) is 2.01. The molecule has 2 rings (SSSR count). The Morgan fingerprint density at radius 2 is 2.11 bits per heavy atom. The number of rotatable bonds is 7. The van der Waals surface area contributed by atoms with E-state index in [9.17, 15) is 4.79 Å². The molecule has 0 bridgehead atoms. The summed E-state index contributed by atoms with van der Waals surface area (Å²) in [4.78, 5) is 22.7. The summed E-state index contributed by atoms with van der Waals surface area (Å²) in [5.74, 6) is 0.741. The van der Waals surface area contributed by atoms with Gasteiger partial charge >= 0.3 is 0 Å². The van der Waals surface area contributed by atoms with Gasteiger partial charge in [0.1, 0.15) is 11.5 Å². The highest BCUT2D eigenvalue weighted by atomic mass is 16.2. The molecule has 104 valence electrons. The lowest BCUT2D eigenvalue weighted by molar-refractivity contribution is 0.0736. The molecular formula is C14H22N4O. The molecule has 1 fully saturated rings. The maximum atomic E-state index is 12.3. The second-order valence-electron chi connectivity index (χ2n) is 4.94. The average molecular weight is 262 g/mol. The van der Waals surface area contributed by atoms with E-state index in [0.717, 1.165) is 44.6 Å². The van der Waals surface area contributed by atoms with Crippen LogP contribution in [-0.2, 0) is 0 Å². The second kappa shape index (κ2) is 6.50. The molecule has 1 aliphatic rings. The van der Waals surface area contributed by atoms with E-state index in [1.807, 2.05) is 4.90 Å². The van der Waals surface area contributed by atoms with Crippen molar-refractivity contribution >= 4 is 11.7 Å². The third kappa shape index (κ3) is 3.66. The van der Waals surface area contributed by atoms with Crippen LogP contribution in [0.2, 0.25) is 0 Å². The highest BCUT2D eigenvalue weighted by molar-refractivity contribution is 5.92. The standard InChI is InChI=1S/C14H22N4O/c1-3-7-15-13-10-16-12(9-17-13)14(19)18(8-4-2)11-5-6-11/h9-11H,3-8H2,1-2H3,(H,15,17). The lowest BCUT2D eigenvalue weighted by Gasteiger charge is -2.21. The maximum Gasteiger partial charge on any atom is 0.274 e. The van der Waals surface area contributed by atoms with E-state index >= 15 is 0 Å². The predicted octanol–water partition coefficient (Wildman–Crippen LogP) is 2.31. The van der Waals surface area contributed by atoms with Crippen molar-refractivity contribution in [2.75, 3.05) is 18.4 Å². The topological polar surface area (TPSA) is 58.1 Å². The molecule has 19 heavy (non-hydrogen) atoms. The number of carbonyl (C=O) groups is 1. The van der Waals surface area contributed by atoms with Gasteiger partial charge in [-0.25, -0.2) is 9.97 Å². The molecule has 0 spiro atoms. The fraction of sp³-hybridized carbons (Fsp3) is 0.643. The van der Waals surface area contributed by atoms with Gasteiger partial charge in [-0.2, -0.15) is 0 Å². The summed E-state index contributed by atoms with van der Waals surface area (Å²) < 4.78 is 0. The molecule has 1 amide bonds. The first-order chi connectivity index (χ1) is 9.26. The van der Waals surface area contributed by atoms with Crippen LogP contribution in [-0.4, -0.2) is 39.9 Å². The first-order valence-electron chi connectivity index (χ1n) is 7.13. The zero-order chi connectivity index (χ0) is 13.7. The van der Waals surface area contributed by atoms with Crippen LogP contribution in [0.4, 0.5) is 5.82 Å². The molecule has 1 heterocycles. The van der Waals surface area contributed by atoms with Gasteiger partial charge < -0.3 is 10.2 Å². The number of carbonyl (C=O) groups excluding carboxylic acids is 1. The minimum absolute atomic E-state index is 0.0129. The number of hydrogen-bond acceptors (Lipinski definition) is 4. The van der Waals surface area contributed by atoms with Crippen LogP contribution in [0.15, 0.2) is 12.4 Å². The largest absolute Gasteiger partial charge is 0.369 e. The van der Waals surface area contributed by atoms with Crippen molar-refractivity contribution in [1.82, 2.24) is 14.9 Å².